The van der Waals surface area contributed by atoms with E-state index < -0.39 is 5.97 Å². The zero-order valence-corrected chi connectivity index (χ0v) is 16.6. The number of benzene rings is 3. The summed E-state index contributed by atoms with van der Waals surface area (Å²) < 4.78 is 16.7. The average molecular weight is 399 g/mol. The Labute approximate surface area is 175 Å². The molecule has 5 nitrogen and oxygen atoms in total. The van der Waals surface area contributed by atoms with Crippen LogP contribution in [0.5, 0.6) is 11.5 Å². The van der Waals surface area contributed by atoms with E-state index in [2.05, 4.69) is 4.99 Å². The molecule has 0 fully saturated rings. The van der Waals surface area contributed by atoms with Crippen molar-refractivity contribution in [1.29, 1.82) is 0 Å². The molecule has 0 saturated carbocycles. The fraction of sp³-hybridized carbons (Fsp3) is 0.120. The second-order valence-electron chi connectivity index (χ2n) is 6.78. The molecule has 5 heteroatoms. The molecule has 0 bridgehead atoms. The normalized spacial score (nSPS) is 14.4. The van der Waals surface area contributed by atoms with Crippen LogP contribution in [0.2, 0.25) is 0 Å². The Balaban J connectivity index is 1.33. The lowest BCUT2D eigenvalue weighted by Gasteiger charge is -2.09. The van der Waals surface area contributed by atoms with E-state index in [0.29, 0.717) is 19.1 Å². The van der Waals surface area contributed by atoms with Gasteiger partial charge in [0.05, 0.1) is 0 Å². The molecule has 3 aromatic rings. The van der Waals surface area contributed by atoms with Gasteiger partial charge in [-0.15, -0.1) is 0 Å². The molecule has 1 aliphatic rings. The molecule has 3 aromatic carbocycles. The van der Waals surface area contributed by atoms with Gasteiger partial charge in [-0.25, -0.2) is 9.79 Å². The molecular formula is C25H21NO4. The summed E-state index contributed by atoms with van der Waals surface area (Å²) in [5.41, 5.74) is 3.04. The number of rotatable bonds is 7. The Morgan fingerprint density at radius 3 is 2.33 bits per heavy atom. The van der Waals surface area contributed by atoms with Gasteiger partial charge in [-0.2, -0.15) is 0 Å². The van der Waals surface area contributed by atoms with E-state index in [-0.39, 0.29) is 5.70 Å². The summed E-state index contributed by atoms with van der Waals surface area (Å²) in [6.45, 7) is 2.92. The summed E-state index contributed by atoms with van der Waals surface area (Å²) in [5, 5.41) is 0. The van der Waals surface area contributed by atoms with Crippen LogP contribution in [-0.4, -0.2) is 25.1 Å². The molecule has 0 radical (unpaired) electrons. The smallest absolute Gasteiger partial charge is 0.363 e. The van der Waals surface area contributed by atoms with Crippen molar-refractivity contribution in [1.82, 2.24) is 0 Å². The SMILES string of the molecule is Cc1cccc(OCCOc2ccc(C=C3N=C(c4ccccc4)OC3=O)cc2)c1. The second-order valence-corrected chi connectivity index (χ2v) is 6.78. The summed E-state index contributed by atoms with van der Waals surface area (Å²) in [6.07, 6.45) is 1.70. The summed E-state index contributed by atoms with van der Waals surface area (Å²) in [5.74, 6) is 1.43. The van der Waals surface area contributed by atoms with Crippen molar-refractivity contribution >= 4 is 17.9 Å². The minimum Gasteiger partial charge on any atom is -0.490 e. The number of hydrogen-bond donors (Lipinski definition) is 0. The van der Waals surface area contributed by atoms with Gasteiger partial charge in [0.1, 0.15) is 24.7 Å². The summed E-state index contributed by atoms with van der Waals surface area (Å²) in [4.78, 5) is 16.4. The van der Waals surface area contributed by atoms with Gasteiger partial charge in [-0.1, -0.05) is 42.5 Å². The molecule has 0 aromatic heterocycles. The first-order valence-electron chi connectivity index (χ1n) is 9.68. The van der Waals surface area contributed by atoms with Crippen LogP contribution in [0, 0.1) is 6.92 Å². The van der Waals surface area contributed by atoms with Gasteiger partial charge in [0.15, 0.2) is 5.70 Å². The van der Waals surface area contributed by atoms with Crippen molar-refractivity contribution in [3.05, 3.63) is 101 Å². The lowest BCUT2D eigenvalue weighted by Crippen LogP contribution is -2.09. The molecule has 150 valence electrons. The Morgan fingerprint density at radius 2 is 1.60 bits per heavy atom. The number of esters is 1. The topological polar surface area (TPSA) is 57.1 Å². The van der Waals surface area contributed by atoms with E-state index in [1.54, 1.807) is 6.08 Å². The third kappa shape index (κ3) is 4.94. The number of carbonyl (C=O) groups excluding carboxylic acids is 1. The van der Waals surface area contributed by atoms with Gasteiger partial charge in [0, 0.05) is 5.56 Å². The number of aliphatic imine (C=N–C) groups is 1. The van der Waals surface area contributed by atoms with Gasteiger partial charge in [-0.05, 0) is 60.5 Å². The molecule has 0 atom stereocenters. The predicted octanol–water partition coefficient (Wildman–Crippen LogP) is 4.80. The highest BCUT2D eigenvalue weighted by Gasteiger charge is 2.23. The monoisotopic (exact) mass is 399 g/mol. The number of cyclic esters (lactones) is 1. The van der Waals surface area contributed by atoms with Crippen molar-refractivity contribution < 1.29 is 19.0 Å². The number of aryl methyl sites for hydroxylation is 1. The van der Waals surface area contributed by atoms with E-state index >= 15 is 0 Å². The van der Waals surface area contributed by atoms with Crippen LogP contribution in [0.3, 0.4) is 0 Å². The van der Waals surface area contributed by atoms with Crippen LogP contribution in [0.4, 0.5) is 0 Å². The maximum absolute atomic E-state index is 12.1. The van der Waals surface area contributed by atoms with Crippen LogP contribution in [0.25, 0.3) is 6.08 Å². The first-order chi connectivity index (χ1) is 14.7. The number of nitrogens with zero attached hydrogens (tertiary/aromatic N) is 1. The van der Waals surface area contributed by atoms with Crippen LogP contribution in [0.1, 0.15) is 16.7 Å². The number of ether oxygens (including phenoxy) is 3. The average Bonchev–Trinajstić information content (AvgIpc) is 3.13. The highest BCUT2D eigenvalue weighted by atomic mass is 16.6. The largest absolute Gasteiger partial charge is 0.490 e. The van der Waals surface area contributed by atoms with Crippen LogP contribution in [0.15, 0.2) is 89.6 Å². The van der Waals surface area contributed by atoms with Crippen LogP contribution >= 0.6 is 0 Å². The Kier molecular flexibility index (Phi) is 5.90. The molecule has 0 aliphatic carbocycles. The van der Waals surface area contributed by atoms with Crippen LogP contribution in [-0.2, 0) is 9.53 Å². The van der Waals surface area contributed by atoms with E-state index in [4.69, 9.17) is 14.2 Å². The quantitative estimate of drug-likeness (QED) is 0.325. The maximum atomic E-state index is 12.1. The Hall–Kier alpha value is -3.86. The van der Waals surface area contributed by atoms with Gasteiger partial charge in [0.2, 0.25) is 5.90 Å². The molecule has 1 aliphatic heterocycles. The predicted molar refractivity (Wildman–Crippen MR) is 116 cm³/mol. The van der Waals surface area contributed by atoms with Crippen molar-refractivity contribution in [2.75, 3.05) is 13.2 Å². The lowest BCUT2D eigenvalue weighted by atomic mass is 10.2. The Bertz CT molecular complexity index is 1090. The molecule has 4 rings (SSSR count). The fourth-order valence-electron chi connectivity index (χ4n) is 2.96. The van der Waals surface area contributed by atoms with Crippen LogP contribution < -0.4 is 9.47 Å². The van der Waals surface area contributed by atoms with Gasteiger partial charge < -0.3 is 14.2 Å². The van der Waals surface area contributed by atoms with Gasteiger partial charge in [0.25, 0.3) is 0 Å². The third-order valence-corrected chi connectivity index (χ3v) is 4.44. The maximum Gasteiger partial charge on any atom is 0.363 e. The standard InChI is InChI=1S/C25H21NO4/c1-18-6-5-9-22(16-18)29-15-14-28-21-12-10-19(11-13-21)17-23-25(27)30-24(26-23)20-7-3-2-4-8-20/h2-13,16-17H,14-15H2,1H3. The zero-order valence-electron chi connectivity index (χ0n) is 16.6. The first kappa shape index (κ1) is 19.5. The van der Waals surface area contributed by atoms with Crippen molar-refractivity contribution in [3.8, 4) is 11.5 Å². The first-order valence-corrected chi connectivity index (χ1v) is 9.68. The number of carbonyl (C=O) groups is 1. The minimum absolute atomic E-state index is 0.272. The number of hydrogen-bond acceptors (Lipinski definition) is 5. The molecular weight excluding hydrogens is 378 g/mol. The molecule has 1 heterocycles. The minimum atomic E-state index is -0.456. The van der Waals surface area contributed by atoms with Crippen molar-refractivity contribution in [2.24, 2.45) is 4.99 Å². The molecule has 0 amide bonds. The molecule has 0 unspecified atom stereocenters. The molecule has 0 spiro atoms. The third-order valence-electron chi connectivity index (χ3n) is 4.44. The summed E-state index contributed by atoms with van der Waals surface area (Å²) >= 11 is 0. The van der Waals surface area contributed by atoms with E-state index in [0.717, 1.165) is 28.2 Å². The molecule has 0 saturated heterocycles. The Morgan fingerprint density at radius 1 is 0.867 bits per heavy atom. The van der Waals surface area contributed by atoms with E-state index in [1.807, 2.05) is 85.8 Å². The highest BCUT2D eigenvalue weighted by Crippen LogP contribution is 2.20. The van der Waals surface area contributed by atoms with E-state index in [9.17, 15) is 4.79 Å². The van der Waals surface area contributed by atoms with E-state index in [1.165, 1.54) is 0 Å². The molecule has 0 N–H and O–H groups in total. The van der Waals surface area contributed by atoms with Crippen molar-refractivity contribution in [3.63, 3.8) is 0 Å². The van der Waals surface area contributed by atoms with Crippen molar-refractivity contribution in [2.45, 2.75) is 6.92 Å². The summed E-state index contributed by atoms with van der Waals surface area (Å²) in [6, 6.07) is 24.7. The second kappa shape index (κ2) is 9.09. The fourth-order valence-corrected chi connectivity index (χ4v) is 2.96. The molecule has 30 heavy (non-hydrogen) atoms. The summed E-state index contributed by atoms with van der Waals surface area (Å²) in [7, 11) is 0. The highest BCUT2D eigenvalue weighted by molar-refractivity contribution is 6.12. The lowest BCUT2D eigenvalue weighted by molar-refractivity contribution is -0.129. The van der Waals surface area contributed by atoms with Gasteiger partial charge in [-0.3, -0.25) is 0 Å². The van der Waals surface area contributed by atoms with Gasteiger partial charge >= 0.3 is 5.97 Å². The zero-order chi connectivity index (χ0) is 20.8.